The van der Waals surface area contributed by atoms with Crippen molar-refractivity contribution in [2.45, 2.75) is 12.7 Å². The standard InChI is InChI=1S/C19H10ClF6NO2/c20-16-9-13(11-3-1-5-14(7-11)28-18(21,22)23)10-27-17(16)12-4-2-6-15(8-12)29-19(24,25)26/h1-10H. The SMILES string of the molecule is FC(F)(F)Oc1cccc(-c2cnc(-c3cccc(OC(F)(F)F)c3)c(Cl)c2)c1. The molecule has 0 atom stereocenters. The van der Waals surface area contributed by atoms with E-state index in [4.69, 9.17) is 11.6 Å². The van der Waals surface area contributed by atoms with E-state index < -0.39 is 24.2 Å². The van der Waals surface area contributed by atoms with Gasteiger partial charge in [0.2, 0.25) is 0 Å². The Morgan fingerprint density at radius 3 is 1.72 bits per heavy atom. The van der Waals surface area contributed by atoms with Gasteiger partial charge in [-0.25, -0.2) is 0 Å². The predicted octanol–water partition coefficient (Wildman–Crippen LogP) is 6.87. The summed E-state index contributed by atoms with van der Waals surface area (Å²) in [5.41, 5.74) is 1.22. The van der Waals surface area contributed by atoms with Crippen molar-refractivity contribution in [3.05, 3.63) is 65.8 Å². The van der Waals surface area contributed by atoms with Crippen LogP contribution in [0.4, 0.5) is 26.3 Å². The zero-order valence-corrected chi connectivity index (χ0v) is 14.9. The van der Waals surface area contributed by atoms with Gasteiger partial charge >= 0.3 is 12.7 Å². The molecule has 0 aliphatic heterocycles. The fourth-order valence-electron chi connectivity index (χ4n) is 2.52. The average Bonchev–Trinajstić information content (AvgIpc) is 2.59. The molecule has 0 fully saturated rings. The van der Waals surface area contributed by atoms with Crippen molar-refractivity contribution >= 4 is 11.6 Å². The second-order valence-corrected chi connectivity index (χ2v) is 6.11. The number of nitrogens with zero attached hydrogens (tertiary/aromatic N) is 1. The number of halogens is 7. The van der Waals surface area contributed by atoms with Crippen LogP contribution in [0.1, 0.15) is 0 Å². The van der Waals surface area contributed by atoms with Crippen LogP contribution in [-0.4, -0.2) is 17.7 Å². The van der Waals surface area contributed by atoms with Crippen LogP contribution in [0.5, 0.6) is 11.5 Å². The summed E-state index contributed by atoms with van der Waals surface area (Å²) in [5, 5.41) is 0.0915. The van der Waals surface area contributed by atoms with Gasteiger partial charge in [-0.2, -0.15) is 0 Å². The van der Waals surface area contributed by atoms with E-state index in [1.165, 1.54) is 36.5 Å². The van der Waals surface area contributed by atoms with Gasteiger partial charge in [0.05, 0.1) is 10.7 Å². The second-order valence-electron chi connectivity index (χ2n) is 5.71. The molecule has 0 amide bonds. The van der Waals surface area contributed by atoms with E-state index in [2.05, 4.69) is 14.5 Å². The smallest absolute Gasteiger partial charge is 0.406 e. The Balaban J connectivity index is 1.90. The van der Waals surface area contributed by atoms with Crippen molar-refractivity contribution in [3.8, 4) is 33.9 Å². The fraction of sp³-hybridized carbons (Fsp3) is 0.105. The molecule has 152 valence electrons. The number of alkyl halides is 6. The van der Waals surface area contributed by atoms with Crippen molar-refractivity contribution in [3.63, 3.8) is 0 Å². The van der Waals surface area contributed by atoms with Gasteiger partial charge in [0, 0.05) is 17.3 Å². The minimum absolute atomic E-state index is 0.0915. The number of aromatic nitrogens is 1. The molecule has 2 aromatic carbocycles. The van der Waals surface area contributed by atoms with Crippen LogP contribution in [-0.2, 0) is 0 Å². The lowest BCUT2D eigenvalue weighted by Crippen LogP contribution is -2.17. The van der Waals surface area contributed by atoms with E-state index in [1.807, 2.05) is 0 Å². The molecule has 0 saturated carbocycles. The molecule has 0 aliphatic carbocycles. The highest BCUT2D eigenvalue weighted by Crippen LogP contribution is 2.34. The number of rotatable bonds is 4. The van der Waals surface area contributed by atoms with E-state index in [0.717, 1.165) is 24.3 Å². The highest BCUT2D eigenvalue weighted by Gasteiger charge is 2.32. The number of hydrogen-bond acceptors (Lipinski definition) is 3. The van der Waals surface area contributed by atoms with Crippen LogP contribution in [0.25, 0.3) is 22.4 Å². The third-order valence-electron chi connectivity index (χ3n) is 3.58. The second kappa shape index (κ2) is 7.82. The summed E-state index contributed by atoms with van der Waals surface area (Å²) in [5.74, 6) is -0.846. The maximum Gasteiger partial charge on any atom is 0.573 e. The molecule has 1 aromatic heterocycles. The molecular formula is C19H10ClF6NO2. The van der Waals surface area contributed by atoms with Crippen LogP contribution in [0, 0.1) is 0 Å². The van der Waals surface area contributed by atoms with Crippen molar-refractivity contribution in [2.75, 3.05) is 0 Å². The zero-order valence-electron chi connectivity index (χ0n) is 14.2. The molecule has 3 aromatic rings. The van der Waals surface area contributed by atoms with Crippen molar-refractivity contribution in [1.82, 2.24) is 4.98 Å². The molecule has 0 radical (unpaired) electrons. The summed E-state index contributed by atoms with van der Waals surface area (Å²) in [4.78, 5) is 4.13. The lowest BCUT2D eigenvalue weighted by Gasteiger charge is -2.12. The largest absolute Gasteiger partial charge is 0.573 e. The number of benzene rings is 2. The minimum Gasteiger partial charge on any atom is -0.406 e. The lowest BCUT2D eigenvalue weighted by atomic mass is 10.1. The normalized spacial score (nSPS) is 12.0. The molecule has 3 nitrogen and oxygen atoms in total. The number of hydrogen-bond donors (Lipinski definition) is 0. The third kappa shape index (κ3) is 5.77. The van der Waals surface area contributed by atoms with Crippen LogP contribution in [0.15, 0.2) is 60.8 Å². The molecule has 0 unspecified atom stereocenters. The molecule has 0 N–H and O–H groups in total. The number of pyridine rings is 1. The van der Waals surface area contributed by atoms with Gasteiger partial charge in [-0.05, 0) is 35.9 Å². The molecule has 1 heterocycles. The van der Waals surface area contributed by atoms with E-state index in [-0.39, 0.29) is 16.3 Å². The molecule has 0 aliphatic rings. The quantitative estimate of drug-likeness (QED) is 0.421. The van der Waals surface area contributed by atoms with E-state index in [0.29, 0.717) is 11.1 Å². The highest BCUT2D eigenvalue weighted by atomic mass is 35.5. The Labute approximate surface area is 165 Å². The Morgan fingerprint density at radius 1 is 0.690 bits per heavy atom. The molecule has 0 saturated heterocycles. The van der Waals surface area contributed by atoms with Crippen LogP contribution in [0.3, 0.4) is 0 Å². The summed E-state index contributed by atoms with van der Waals surface area (Å²) < 4.78 is 82.1. The summed E-state index contributed by atoms with van der Waals surface area (Å²) >= 11 is 6.21. The Hall–Kier alpha value is -2.94. The van der Waals surface area contributed by atoms with Gasteiger partial charge in [0.25, 0.3) is 0 Å². The monoisotopic (exact) mass is 433 g/mol. The third-order valence-corrected chi connectivity index (χ3v) is 3.87. The fourth-order valence-corrected chi connectivity index (χ4v) is 2.80. The predicted molar refractivity (Wildman–Crippen MR) is 93.5 cm³/mol. The van der Waals surface area contributed by atoms with Crippen molar-refractivity contribution < 1.29 is 35.8 Å². The minimum atomic E-state index is -4.84. The van der Waals surface area contributed by atoms with Gasteiger partial charge in [0.15, 0.2) is 0 Å². The Bertz CT molecular complexity index is 1020. The molecule has 29 heavy (non-hydrogen) atoms. The molecular weight excluding hydrogens is 424 g/mol. The first-order valence-corrected chi connectivity index (χ1v) is 8.26. The van der Waals surface area contributed by atoms with Gasteiger partial charge < -0.3 is 9.47 Å². The Kier molecular flexibility index (Phi) is 5.61. The topological polar surface area (TPSA) is 31.4 Å². The number of ether oxygens (including phenoxy) is 2. The molecule has 3 rings (SSSR count). The van der Waals surface area contributed by atoms with Crippen LogP contribution in [0.2, 0.25) is 5.02 Å². The highest BCUT2D eigenvalue weighted by molar-refractivity contribution is 6.33. The molecule has 0 bridgehead atoms. The summed E-state index contributed by atoms with van der Waals surface area (Å²) in [7, 11) is 0. The summed E-state index contributed by atoms with van der Waals surface area (Å²) in [6.07, 6.45) is -8.34. The van der Waals surface area contributed by atoms with Gasteiger partial charge in [-0.3, -0.25) is 4.98 Å². The van der Waals surface area contributed by atoms with E-state index >= 15 is 0 Å². The average molecular weight is 434 g/mol. The van der Waals surface area contributed by atoms with Gasteiger partial charge in [0.1, 0.15) is 11.5 Å². The summed E-state index contributed by atoms with van der Waals surface area (Å²) in [6.45, 7) is 0. The zero-order chi connectivity index (χ0) is 21.2. The van der Waals surface area contributed by atoms with Crippen molar-refractivity contribution in [1.29, 1.82) is 0 Å². The maximum atomic E-state index is 12.4. The Morgan fingerprint density at radius 2 is 1.21 bits per heavy atom. The summed E-state index contributed by atoms with van der Waals surface area (Å²) in [6, 6.07) is 11.8. The van der Waals surface area contributed by atoms with E-state index in [9.17, 15) is 26.3 Å². The maximum absolute atomic E-state index is 12.4. The van der Waals surface area contributed by atoms with E-state index in [1.54, 1.807) is 0 Å². The molecule has 10 heteroatoms. The van der Waals surface area contributed by atoms with Crippen LogP contribution < -0.4 is 9.47 Å². The first kappa shape index (κ1) is 20.8. The molecule has 0 spiro atoms. The van der Waals surface area contributed by atoms with Gasteiger partial charge in [-0.15, -0.1) is 26.3 Å². The van der Waals surface area contributed by atoms with Gasteiger partial charge in [-0.1, -0.05) is 35.9 Å². The van der Waals surface area contributed by atoms with Crippen LogP contribution >= 0.6 is 11.6 Å². The lowest BCUT2D eigenvalue weighted by molar-refractivity contribution is -0.275. The first-order chi connectivity index (χ1) is 13.5. The van der Waals surface area contributed by atoms with Crippen molar-refractivity contribution in [2.24, 2.45) is 0 Å². The first-order valence-electron chi connectivity index (χ1n) is 7.88.